The van der Waals surface area contributed by atoms with Crippen LogP contribution in [0.15, 0.2) is 0 Å². The number of hydrogen-bond acceptors (Lipinski definition) is 2. The average Bonchev–Trinajstić information content (AvgIpc) is 2.99. The maximum Gasteiger partial charge on any atom is 0.0685 e. The van der Waals surface area contributed by atoms with Gasteiger partial charge in [-0.05, 0) is 62.8 Å². The van der Waals surface area contributed by atoms with E-state index in [1.807, 2.05) is 0 Å². The fourth-order valence-corrected chi connectivity index (χ4v) is 4.51. The number of nitrogens with one attached hydrogen (secondary N) is 1. The lowest BCUT2D eigenvalue weighted by Gasteiger charge is -2.43. The van der Waals surface area contributed by atoms with Gasteiger partial charge < -0.3 is 10.1 Å². The van der Waals surface area contributed by atoms with Crippen LogP contribution in [0, 0.1) is 11.3 Å². The van der Waals surface area contributed by atoms with Gasteiger partial charge in [-0.25, -0.2) is 0 Å². The van der Waals surface area contributed by atoms with Crippen molar-refractivity contribution in [1.29, 1.82) is 0 Å². The van der Waals surface area contributed by atoms with Crippen LogP contribution in [0.3, 0.4) is 0 Å². The van der Waals surface area contributed by atoms with Crippen LogP contribution in [0.5, 0.6) is 0 Å². The Morgan fingerprint density at radius 2 is 1.95 bits per heavy atom. The zero-order chi connectivity index (χ0) is 13.3. The zero-order valence-electron chi connectivity index (χ0n) is 12.8. The van der Waals surface area contributed by atoms with Crippen LogP contribution >= 0.6 is 0 Å². The first-order chi connectivity index (χ1) is 9.18. The van der Waals surface area contributed by atoms with E-state index >= 15 is 0 Å². The highest BCUT2D eigenvalue weighted by Crippen LogP contribution is 2.53. The molecule has 3 fully saturated rings. The van der Waals surface area contributed by atoms with Gasteiger partial charge in [-0.3, -0.25) is 0 Å². The van der Waals surface area contributed by atoms with Crippen molar-refractivity contribution >= 4 is 0 Å². The van der Waals surface area contributed by atoms with Crippen LogP contribution < -0.4 is 5.32 Å². The third-order valence-electron chi connectivity index (χ3n) is 5.92. The fourth-order valence-electron chi connectivity index (χ4n) is 4.51. The van der Waals surface area contributed by atoms with Gasteiger partial charge in [-0.15, -0.1) is 0 Å². The molecule has 0 aromatic heterocycles. The Morgan fingerprint density at radius 3 is 2.58 bits per heavy atom. The average molecular weight is 265 g/mol. The van der Waals surface area contributed by atoms with Crippen LogP contribution in [-0.2, 0) is 4.74 Å². The standard InChI is InChI=1S/C17H31NO/c1-3-11-18-15(16(2)9-10-16)14-6-12-19-17(13-14)7-4-5-8-17/h14-15,18H,3-13H2,1-2H3. The van der Waals surface area contributed by atoms with Crippen LogP contribution in [0.25, 0.3) is 0 Å². The summed E-state index contributed by atoms with van der Waals surface area (Å²) in [5, 5.41) is 3.89. The quantitative estimate of drug-likeness (QED) is 0.814. The summed E-state index contributed by atoms with van der Waals surface area (Å²) < 4.78 is 6.22. The summed E-state index contributed by atoms with van der Waals surface area (Å²) in [5.41, 5.74) is 0.872. The van der Waals surface area contributed by atoms with Crippen molar-refractivity contribution in [1.82, 2.24) is 5.32 Å². The molecule has 19 heavy (non-hydrogen) atoms. The molecular formula is C17H31NO. The van der Waals surface area contributed by atoms with Crippen molar-refractivity contribution in [2.24, 2.45) is 11.3 Å². The maximum atomic E-state index is 6.22. The Labute approximate surface area is 118 Å². The van der Waals surface area contributed by atoms with Crippen LogP contribution in [0.1, 0.15) is 71.6 Å². The van der Waals surface area contributed by atoms with Crippen molar-refractivity contribution in [2.45, 2.75) is 83.3 Å². The maximum absolute atomic E-state index is 6.22. The molecule has 1 heterocycles. The van der Waals surface area contributed by atoms with Crippen molar-refractivity contribution in [3.8, 4) is 0 Å². The number of ether oxygens (including phenoxy) is 1. The smallest absolute Gasteiger partial charge is 0.0685 e. The van der Waals surface area contributed by atoms with Crippen LogP contribution in [-0.4, -0.2) is 24.8 Å². The van der Waals surface area contributed by atoms with E-state index in [-0.39, 0.29) is 5.60 Å². The zero-order valence-corrected chi connectivity index (χ0v) is 12.8. The minimum atomic E-state index is 0.278. The van der Waals surface area contributed by atoms with E-state index in [0.29, 0.717) is 5.41 Å². The topological polar surface area (TPSA) is 21.3 Å². The fraction of sp³-hybridized carbons (Fsp3) is 1.00. The molecule has 2 nitrogen and oxygen atoms in total. The lowest BCUT2D eigenvalue weighted by molar-refractivity contribution is -0.101. The Morgan fingerprint density at radius 1 is 1.21 bits per heavy atom. The largest absolute Gasteiger partial charge is 0.375 e. The number of rotatable bonds is 5. The minimum absolute atomic E-state index is 0.278. The second kappa shape index (κ2) is 5.37. The molecular weight excluding hydrogens is 234 g/mol. The first-order valence-electron chi connectivity index (χ1n) is 8.55. The van der Waals surface area contributed by atoms with Gasteiger partial charge >= 0.3 is 0 Å². The molecule has 2 unspecified atom stereocenters. The molecule has 2 heteroatoms. The Balaban J connectivity index is 1.67. The van der Waals surface area contributed by atoms with E-state index in [0.717, 1.165) is 18.6 Å². The van der Waals surface area contributed by atoms with E-state index in [4.69, 9.17) is 4.74 Å². The predicted octanol–water partition coefficient (Wildman–Crippen LogP) is 3.89. The highest BCUT2D eigenvalue weighted by atomic mass is 16.5. The Hall–Kier alpha value is -0.0800. The third kappa shape index (κ3) is 2.85. The molecule has 1 N–H and O–H groups in total. The SMILES string of the molecule is CCCNC(C1CCOC2(CCCC2)C1)C1(C)CC1. The second-order valence-electron chi connectivity index (χ2n) is 7.58. The molecule has 3 aliphatic rings. The van der Waals surface area contributed by atoms with Gasteiger partial charge in [0.15, 0.2) is 0 Å². The highest BCUT2D eigenvalue weighted by Gasteiger charge is 2.51. The molecule has 0 aromatic carbocycles. The van der Waals surface area contributed by atoms with Gasteiger partial charge in [0.25, 0.3) is 0 Å². The summed E-state index contributed by atoms with van der Waals surface area (Å²) in [4.78, 5) is 0. The summed E-state index contributed by atoms with van der Waals surface area (Å²) in [6.07, 6.45) is 12.1. The normalized spacial score (nSPS) is 33.5. The summed E-state index contributed by atoms with van der Waals surface area (Å²) in [6.45, 7) is 6.97. The summed E-state index contributed by atoms with van der Waals surface area (Å²) >= 11 is 0. The van der Waals surface area contributed by atoms with Crippen LogP contribution in [0.4, 0.5) is 0 Å². The van der Waals surface area contributed by atoms with Gasteiger partial charge in [0.2, 0.25) is 0 Å². The van der Waals surface area contributed by atoms with Crippen LogP contribution in [0.2, 0.25) is 0 Å². The van der Waals surface area contributed by atoms with Crippen molar-refractivity contribution in [3.05, 3.63) is 0 Å². The van der Waals surface area contributed by atoms with E-state index in [1.165, 1.54) is 64.3 Å². The number of hydrogen-bond donors (Lipinski definition) is 1. The Kier molecular flexibility index (Phi) is 3.92. The molecule has 0 amide bonds. The lowest BCUT2D eigenvalue weighted by Crippen LogP contribution is -2.49. The molecule has 1 aliphatic heterocycles. The molecule has 2 aliphatic carbocycles. The van der Waals surface area contributed by atoms with E-state index in [9.17, 15) is 0 Å². The van der Waals surface area contributed by atoms with Gasteiger partial charge in [-0.2, -0.15) is 0 Å². The third-order valence-corrected chi connectivity index (χ3v) is 5.92. The molecule has 110 valence electrons. The summed E-state index contributed by atoms with van der Waals surface area (Å²) in [7, 11) is 0. The minimum Gasteiger partial charge on any atom is -0.375 e. The van der Waals surface area contributed by atoms with E-state index < -0.39 is 0 Å². The summed E-state index contributed by atoms with van der Waals surface area (Å²) in [5.74, 6) is 0.853. The monoisotopic (exact) mass is 265 g/mol. The van der Waals surface area contributed by atoms with Crippen molar-refractivity contribution < 1.29 is 4.74 Å². The van der Waals surface area contributed by atoms with Gasteiger partial charge in [0.05, 0.1) is 5.60 Å². The second-order valence-corrected chi connectivity index (χ2v) is 7.58. The molecule has 0 bridgehead atoms. The van der Waals surface area contributed by atoms with E-state index in [2.05, 4.69) is 19.2 Å². The first-order valence-corrected chi connectivity index (χ1v) is 8.55. The Bertz CT molecular complexity index is 304. The van der Waals surface area contributed by atoms with Gasteiger partial charge in [-0.1, -0.05) is 26.7 Å². The van der Waals surface area contributed by atoms with E-state index in [1.54, 1.807) is 0 Å². The molecule has 1 saturated heterocycles. The molecule has 2 atom stereocenters. The highest BCUT2D eigenvalue weighted by molar-refractivity contribution is 5.04. The van der Waals surface area contributed by atoms with Gasteiger partial charge in [0.1, 0.15) is 0 Å². The molecule has 0 aromatic rings. The molecule has 0 radical (unpaired) electrons. The lowest BCUT2D eigenvalue weighted by atomic mass is 9.75. The molecule has 2 saturated carbocycles. The molecule has 1 spiro atoms. The van der Waals surface area contributed by atoms with Gasteiger partial charge in [0, 0.05) is 12.6 Å². The van der Waals surface area contributed by atoms with Crippen molar-refractivity contribution in [2.75, 3.05) is 13.2 Å². The molecule has 3 rings (SSSR count). The first kappa shape index (κ1) is 13.9. The summed E-state index contributed by atoms with van der Waals surface area (Å²) in [6, 6.07) is 0.744. The van der Waals surface area contributed by atoms with Crippen molar-refractivity contribution in [3.63, 3.8) is 0 Å². The predicted molar refractivity (Wildman–Crippen MR) is 79.3 cm³/mol.